The largest absolute Gasteiger partial charge is 0.480 e. The molecule has 0 radical (unpaired) electrons. The number of amides is 2. The second-order valence-corrected chi connectivity index (χ2v) is 5.10. The Kier molecular flexibility index (Phi) is 6.65. The van der Waals surface area contributed by atoms with Crippen LogP contribution in [0.3, 0.4) is 0 Å². The van der Waals surface area contributed by atoms with E-state index in [9.17, 15) is 14.4 Å². The molecule has 1 rings (SSSR count). The Morgan fingerprint density at radius 1 is 1.53 bits per heavy atom. The van der Waals surface area contributed by atoms with E-state index in [0.717, 1.165) is 5.75 Å². The minimum Gasteiger partial charge on any atom is -0.480 e. The van der Waals surface area contributed by atoms with Crippen LogP contribution in [0.1, 0.15) is 6.42 Å². The lowest BCUT2D eigenvalue weighted by Gasteiger charge is -2.22. The van der Waals surface area contributed by atoms with Gasteiger partial charge in [0.15, 0.2) is 0 Å². The standard InChI is InChI=1S/C11H18N2O5S/c1-18-6-4-13(8-10(15)16)9(14)2-3-12-5-7-19-11(12)17/h2-8H2,1H3,(H,15,16). The van der Waals surface area contributed by atoms with Crippen LogP contribution in [0.2, 0.25) is 0 Å². The average molecular weight is 290 g/mol. The third kappa shape index (κ3) is 5.48. The lowest BCUT2D eigenvalue weighted by molar-refractivity contribution is -0.145. The Morgan fingerprint density at radius 2 is 2.26 bits per heavy atom. The van der Waals surface area contributed by atoms with Crippen molar-refractivity contribution < 1.29 is 24.2 Å². The normalized spacial score (nSPS) is 14.8. The van der Waals surface area contributed by atoms with E-state index >= 15 is 0 Å². The number of carbonyl (C=O) groups is 3. The molecule has 1 saturated heterocycles. The Labute approximate surface area is 115 Å². The quantitative estimate of drug-likeness (QED) is 0.682. The van der Waals surface area contributed by atoms with Gasteiger partial charge in [0.05, 0.1) is 6.61 Å². The fraction of sp³-hybridized carbons (Fsp3) is 0.727. The van der Waals surface area contributed by atoms with Crippen molar-refractivity contribution in [1.82, 2.24) is 9.80 Å². The van der Waals surface area contributed by atoms with Crippen molar-refractivity contribution in [2.24, 2.45) is 0 Å². The fourth-order valence-electron chi connectivity index (χ4n) is 1.67. The second kappa shape index (κ2) is 8.00. The van der Waals surface area contributed by atoms with Gasteiger partial charge >= 0.3 is 5.97 Å². The Bertz CT molecular complexity index is 350. The molecule has 0 spiro atoms. The number of hydrogen-bond acceptors (Lipinski definition) is 5. The van der Waals surface area contributed by atoms with Crippen molar-refractivity contribution >= 4 is 28.9 Å². The molecule has 0 bridgehead atoms. The minimum atomic E-state index is -1.06. The molecule has 0 saturated carbocycles. The summed E-state index contributed by atoms with van der Waals surface area (Å²) in [4.78, 5) is 36.8. The molecule has 0 aromatic carbocycles. The first-order valence-corrected chi connectivity index (χ1v) is 6.93. The van der Waals surface area contributed by atoms with Crippen LogP contribution in [-0.4, -0.2) is 77.7 Å². The van der Waals surface area contributed by atoms with E-state index in [0.29, 0.717) is 13.1 Å². The molecule has 7 nitrogen and oxygen atoms in total. The Balaban J connectivity index is 2.41. The number of rotatable bonds is 8. The van der Waals surface area contributed by atoms with Crippen LogP contribution < -0.4 is 0 Å². The molecule has 1 heterocycles. The molecule has 108 valence electrons. The van der Waals surface area contributed by atoms with Crippen molar-refractivity contribution in [2.75, 3.05) is 45.6 Å². The maximum atomic E-state index is 11.9. The number of carboxylic acid groups (broad SMARTS) is 1. The van der Waals surface area contributed by atoms with Gasteiger partial charge < -0.3 is 19.6 Å². The van der Waals surface area contributed by atoms with Crippen LogP contribution in [0.25, 0.3) is 0 Å². The topological polar surface area (TPSA) is 87.2 Å². The third-order valence-corrected chi connectivity index (χ3v) is 3.58. The predicted octanol–water partition coefficient (Wildman–Crippen LogP) is 0.105. The maximum absolute atomic E-state index is 11.9. The molecule has 1 aliphatic rings. The highest BCUT2D eigenvalue weighted by Gasteiger charge is 2.23. The van der Waals surface area contributed by atoms with Gasteiger partial charge in [-0.15, -0.1) is 0 Å². The zero-order valence-corrected chi connectivity index (χ0v) is 11.6. The van der Waals surface area contributed by atoms with Gasteiger partial charge in [0.1, 0.15) is 6.54 Å². The number of thioether (sulfide) groups is 1. The summed E-state index contributed by atoms with van der Waals surface area (Å²) in [6, 6.07) is 0. The number of ether oxygens (including phenoxy) is 1. The van der Waals surface area contributed by atoms with Crippen LogP contribution in [0.15, 0.2) is 0 Å². The van der Waals surface area contributed by atoms with E-state index in [1.54, 1.807) is 4.90 Å². The first-order chi connectivity index (χ1) is 9.04. The van der Waals surface area contributed by atoms with E-state index in [1.165, 1.54) is 23.8 Å². The molecule has 0 aromatic heterocycles. The van der Waals surface area contributed by atoms with Crippen molar-refractivity contribution in [3.63, 3.8) is 0 Å². The van der Waals surface area contributed by atoms with Crippen molar-refractivity contribution in [3.05, 3.63) is 0 Å². The first kappa shape index (κ1) is 15.8. The van der Waals surface area contributed by atoms with Gasteiger partial charge in [-0.05, 0) is 0 Å². The Hall–Kier alpha value is -1.28. The zero-order valence-electron chi connectivity index (χ0n) is 10.8. The van der Waals surface area contributed by atoms with E-state index < -0.39 is 5.97 Å². The number of carboxylic acids is 1. The summed E-state index contributed by atoms with van der Waals surface area (Å²) in [7, 11) is 1.49. The van der Waals surface area contributed by atoms with Crippen molar-refractivity contribution in [2.45, 2.75) is 6.42 Å². The van der Waals surface area contributed by atoms with Gasteiger partial charge in [-0.3, -0.25) is 14.4 Å². The van der Waals surface area contributed by atoms with Crippen LogP contribution in [0, 0.1) is 0 Å². The van der Waals surface area contributed by atoms with E-state index in [2.05, 4.69) is 0 Å². The van der Waals surface area contributed by atoms with Gasteiger partial charge in [0.2, 0.25) is 5.91 Å². The SMILES string of the molecule is COCCN(CC(=O)O)C(=O)CCN1CCSC1=O. The van der Waals surface area contributed by atoms with Crippen LogP contribution in [-0.2, 0) is 14.3 Å². The summed E-state index contributed by atoms with van der Waals surface area (Å²) in [5.74, 6) is -0.586. The van der Waals surface area contributed by atoms with Crippen molar-refractivity contribution in [3.8, 4) is 0 Å². The smallest absolute Gasteiger partial charge is 0.323 e. The van der Waals surface area contributed by atoms with Crippen LogP contribution in [0.5, 0.6) is 0 Å². The molecule has 0 atom stereocenters. The second-order valence-electron chi connectivity index (χ2n) is 4.05. The van der Waals surface area contributed by atoms with Crippen LogP contribution in [0.4, 0.5) is 4.79 Å². The number of methoxy groups -OCH3 is 1. The van der Waals surface area contributed by atoms with E-state index in [4.69, 9.17) is 9.84 Å². The summed E-state index contributed by atoms with van der Waals surface area (Å²) in [6.07, 6.45) is 0.142. The summed E-state index contributed by atoms with van der Waals surface area (Å²) in [6.45, 7) is 1.17. The van der Waals surface area contributed by atoms with Crippen molar-refractivity contribution in [1.29, 1.82) is 0 Å². The lowest BCUT2D eigenvalue weighted by atomic mass is 10.3. The molecular formula is C11H18N2O5S. The van der Waals surface area contributed by atoms with Crippen LogP contribution >= 0.6 is 11.8 Å². The average Bonchev–Trinajstić information content (AvgIpc) is 2.76. The highest BCUT2D eigenvalue weighted by Crippen LogP contribution is 2.17. The molecule has 0 aromatic rings. The zero-order chi connectivity index (χ0) is 14.3. The summed E-state index contributed by atoms with van der Waals surface area (Å²) < 4.78 is 4.84. The molecular weight excluding hydrogens is 272 g/mol. The van der Waals surface area contributed by atoms with Gasteiger partial charge in [0.25, 0.3) is 5.24 Å². The molecule has 1 fully saturated rings. The van der Waals surface area contributed by atoms with Gasteiger partial charge in [0, 0.05) is 38.9 Å². The van der Waals surface area contributed by atoms with Gasteiger partial charge in [-0.1, -0.05) is 11.8 Å². The minimum absolute atomic E-state index is 0.0190. The number of carbonyl (C=O) groups excluding carboxylic acids is 2. The molecule has 1 aliphatic heterocycles. The summed E-state index contributed by atoms with van der Waals surface area (Å²) in [5.41, 5.74) is 0. The lowest BCUT2D eigenvalue weighted by Crippen LogP contribution is -2.39. The van der Waals surface area contributed by atoms with Gasteiger partial charge in [-0.25, -0.2) is 0 Å². The summed E-state index contributed by atoms with van der Waals surface area (Å²) in [5, 5.41) is 8.73. The molecule has 8 heteroatoms. The van der Waals surface area contributed by atoms with Gasteiger partial charge in [-0.2, -0.15) is 0 Å². The number of nitrogens with zero attached hydrogens (tertiary/aromatic N) is 2. The Morgan fingerprint density at radius 3 is 2.79 bits per heavy atom. The molecule has 0 aliphatic carbocycles. The third-order valence-electron chi connectivity index (χ3n) is 2.68. The molecule has 0 unspecified atom stereocenters. The molecule has 2 amide bonds. The molecule has 19 heavy (non-hydrogen) atoms. The monoisotopic (exact) mass is 290 g/mol. The highest BCUT2D eigenvalue weighted by atomic mass is 32.2. The number of hydrogen-bond donors (Lipinski definition) is 1. The highest BCUT2D eigenvalue weighted by molar-refractivity contribution is 8.13. The maximum Gasteiger partial charge on any atom is 0.323 e. The predicted molar refractivity (Wildman–Crippen MR) is 70.1 cm³/mol. The van der Waals surface area contributed by atoms with E-state index in [-0.39, 0.29) is 37.3 Å². The fourth-order valence-corrected chi connectivity index (χ4v) is 2.53. The number of aliphatic carboxylic acids is 1. The first-order valence-electron chi connectivity index (χ1n) is 5.94. The van der Waals surface area contributed by atoms with E-state index in [1.807, 2.05) is 0 Å². The summed E-state index contributed by atoms with van der Waals surface area (Å²) >= 11 is 1.24. The molecule has 1 N–H and O–H groups in total.